The van der Waals surface area contributed by atoms with Crippen LogP contribution in [0.15, 0.2) is 48.8 Å². The molecule has 0 atom stereocenters. The summed E-state index contributed by atoms with van der Waals surface area (Å²) in [6.07, 6.45) is 3.87. The first-order chi connectivity index (χ1) is 10.6. The van der Waals surface area contributed by atoms with Crippen LogP contribution in [0, 0.1) is 27.7 Å². The number of aromatic nitrogens is 2. The quantitative estimate of drug-likeness (QED) is 0.660. The first kappa shape index (κ1) is 14.5. The minimum atomic E-state index is 0.797. The van der Waals surface area contributed by atoms with Crippen molar-refractivity contribution in [3.05, 3.63) is 71.0 Å². The van der Waals surface area contributed by atoms with Gasteiger partial charge in [0, 0.05) is 23.5 Å². The number of hydrogen-bond acceptors (Lipinski definition) is 2. The van der Waals surface area contributed by atoms with E-state index in [1.54, 1.807) is 0 Å². The van der Waals surface area contributed by atoms with Gasteiger partial charge in [-0.15, -0.1) is 0 Å². The molecule has 22 heavy (non-hydrogen) atoms. The van der Waals surface area contributed by atoms with Gasteiger partial charge in [-0.05, 0) is 55.5 Å². The van der Waals surface area contributed by atoms with Gasteiger partial charge in [-0.3, -0.25) is 0 Å². The topological polar surface area (TPSA) is 25.8 Å². The van der Waals surface area contributed by atoms with E-state index in [1.165, 1.54) is 27.8 Å². The summed E-state index contributed by atoms with van der Waals surface area (Å²) >= 11 is 0. The summed E-state index contributed by atoms with van der Waals surface area (Å²) in [5.74, 6) is 0.797. The maximum atomic E-state index is 4.62. The van der Waals surface area contributed by atoms with Gasteiger partial charge in [-0.1, -0.05) is 36.4 Å². The van der Waals surface area contributed by atoms with E-state index in [-0.39, 0.29) is 0 Å². The molecule has 2 heteroatoms. The molecule has 0 saturated heterocycles. The maximum Gasteiger partial charge on any atom is 0.159 e. The third-order valence-corrected chi connectivity index (χ3v) is 4.13. The van der Waals surface area contributed by atoms with Crippen molar-refractivity contribution in [3.8, 4) is 22.5 Å². The van der Waals surface area contributed by atoms with Crippen LogP contribution in [0.5, 0.6) is 0 Å². The monoisotopic (exact) mass is 288 g/mol. The average Bonchev–Trinajstić information content (AvgIpc) is 2.48. The van der Waals surface area contributed by atoms with Gasteiger partial charge in [0.05, 0.1) is 0 Å². The highest BCUT2D eigenvalue weighted by Gasteiger charge is 2.10. The number of nitrogens with zero attached hydrogens (tertiary/aromatic N) is 2. The largest absolute Gasteiger partial charge is 0.236 e. The summed E-state index contributed by atoms with van der Waals surface area (Å²) in [6.45, 7) is 8.46. The van der Waals surface area contributed by atoms with Gasteiger partial charge in [-0.25, -0.2) is 9.97 Å². The fourth-order valence-electron chi connectivity index (χ4n) is 3.02. The van der Waals surface area contributed by atoms with Crippen LogP contribution in [0.1, 0.15) is 22.3 Å². The lowest BCUT2D eigenvalue weighted by atomic mass is 9.97. The Morgan fingerprint density at radius 3 is 1.45 bits per heavy atom. The zero-order valence-corrected chi connectivity index (χ0v) is 13.5. The fourth-order valence-corrected chi connectivity index (χ4v) is 3.02. The highest BCUT2D eigenvalue weighted by Crippen LogP contribution is 2.28. The molecule has 3 aromatic rings. The van der Waals surface area contributed by atoms with Crippen LogP contribution in [-0.4, -0.2) is 9.97 Å². The third kappa shape index (κ3) is 2.52. The Balaban J connectivity index is 2.08. The Hall–Kier alpha value is -2.48. The Morgan fingerprint density at radius 1 is 0.591 bits per heavy atom. The van der Waals surface area contributed by atoms with Crippen molar-refractivity contribution in [2.45, 2.75) is 27.7 Å². The molecule has 0 unspecified atom stereocenters. The van der Waals surface area contributed by atoms with Gasteiger partial charge in [0.25, 0.3) is 0 Å². The standard InChI is InChI=1S/C20H20N2/c1-13-7-5-8-14(2)18(13)17-11-21-20(22-12-17)19-15(3)9-6-10-16(19)4/h5-12H,1-4H3. The molecule has 110 valence electrons. The fraction of sp³-hybridized carbons (Fsp3) is 0.200. The van der Waals surface area contributed by atoms with Crippen LogP contribution in [0.4, 0.5) is 0 Å². The summed E-state index contributed by atoms with van der Waals surface area (Å²) in [4.78, 5) is 9.24. The van der Waals surface area contributed by atoms with E-state index in [1.807, 2.05) is 12.4 Å². The molecule has 0 bridgehead atoms. The molecule has 3 rings (SSSR count). The van der Waals surface area contributed by atoms with Crippen molar-refractivity contribution in [1.29, 1.82) is 0 Å². The van der Waals surface area contributed by atoms with Gasteiger partial charge in [0.1, 0.15) is 0 Å². The van der Waals surface area contributed by atoms with E-state index < -0.39 is 0 Å². The van der Waals surface area contributed by atoms with E-state index in [9.17, 15) is 0 Å². The zero-order valence-electron chi connectivity index (χ0n) is 13.5. The molecule has 0 radical (unpaired) electrons. The van der Waals surface area contributed by atoms with Crippen molar-refractivity contribution in [3.63, 3.8) is 0 Å². The Morgan fingerprint density at radius 2 is 1.00 bits per heavy atom. The molecule has 2 aromatic carbocycles. The molecule has 1 heterocycles. The summed E-state index contributed by atoms with van der Waals surface area (Å²) in [6, 6.07) is 12.6. The number of hydrogen-bond donors (Lipinski definition) is 0. The highest BCUT2D eigenvalue weighted by atomic mass is 14.9. The van der Waals surface area contributed by atoms with Crippen molar-refractivity contribution < 1.29 is 0 Å². The van der Waals surface area contributed by atoms with Crippen LogP contribution < -0.4 is 0 Å². The van der Waals surface area contributed by atoms with E-state index in [0.717, 1.165) is 17.0 Å². The van der Waals surface area contributed by atoms with E-state index in [0.29, 0.717) is 0 Å². The molecular formula is C20H20N2. The van der Waals surface area contributed by atoms with Crippen LogP contribution in [0.2, 0.25) is 0 Å². The molecular weight excluding hydrogens is 268 g/mol. The second-order valence-corrected chi connectivity index (χ2v) is 5.83. The lowest BCUT2D eigenvalue weighted by Crippen LogP contribution is -1.96. The molecule has 0 aliphatic rings. The van der Waals surface area contributed by atoms with Crippen LogP contribution in [0.3, 0.4) is 0 Å². The molecule has 0 fully saturated rings. The van der Waals surface area contributed by atoms with Gasteiger partial charge in [0.15, 0.2) is 5.82 Å². The summed E-state index contributed by atoms with van der Waals surface area (Å²) in [7, 11) is 0. The van der Waals surface area contributed by atoms with E-state index in [2.05, 4.69) is 74.1 Å². The minimum Gasteiger partial charge on any atom is -0.236 e. The van der Waals surface area contributed by atoms with Crippen LogP contribution in [0.25, 0.3) is 22.5 Å². The predicted octanol–water partition coefficient (Wildman–Crippen LogP) is 5.04. The Labute approximate surface area is 131 Å². The Kier molecular flexibility index (Phi) is 3.76. The second kappa shape index (κ2) is 5.72. The summed E-state index contributed by atoms with van der Waals surface area (Å²) in [5.41, 5.74) is 8.36. The van der Waals surface area contributed by atoms with Crippen molar-refractivity contribution >= 4 is 0 Å². The normalized spacial score (nSPS) is 10.7. The number of benzene rings is 2. The number of aryl methyl sites for hydroxylation is 4. The summed E-state index contributed by atoms with van der Waals surface area (Å²) < 4.78 is 0. The third-order valence-electron chi connectivity index (χ3n) is 4.13. The van der Waals surface area contributed by atoms with E-state index in [4.69, 9.17) is 0 Å². The molecule has 0 spiro atoms. The average molecular weight is 288 g/mol. The van der Waals surface area contributed by atoms with Crippen molar-refractivity contribution in [2.24, 2.45) is 0 Å². The first-order valence-corrected chi connectivity index (χ1v) is 7.53. The van der Waals surface area contributed by atoms with Crippen molar-refractivity contribution in [2.75, 3.05) is 0 Å². The predicted molar refractivity (Wildman–Crippen MR) is 91.9 cm³/mol. The molecule has 0 aliphatic heterocycles. The maximum absolute atomic E-state index is 4.62. The van der Waals surface area contributed by atoms with Gasteiger partial charge < -0.3 is 0 Å². The Bertz CT molecular complexity index is 707. The molecule has 2 nitrogen and oxygen atoms in total. The van der Waals surface area contributed by atoms with Crippen LogP contribution in [-0.2, 0) is 0 Å². The lowest BCUT2D eigenvalue weighted by molar-refractivity contribution is 1.15. The smallest absolute Gasteiger partial charge is 0.159 e. The van der Waals surface area contributed by atoms with E-state index >= 15 is 0 Å². The second-order valence-electron chi connectivity index (χ2n) is 5.83. The van der Waals surface area contributed by atoms with Gasteiger partial charge in [0.2, 0.25) is 0 Å². The molecule has 0 saturated carbocycles. The molecule has 0 N–H and O–H groups in total. The SMILES string of the molecule is Cc1cccc(C)c1-c1cnc(-c2c(C)cccc2C)nc1. The van der Waals surface area contributed by atoms with Gasteiger partial charge in [-0.2, -0.15) is 0 Å². The molecule has 0 amide bonds. The minimum absolute atomic E-state index is 0.797. The first-order valence-electron chi connectivity index (χ1n) is 7.53. The van der Waals surface area contributed by atoms with Crippen LogP contribution >= 0.6 is 0 Å². The lowest BCUT2D eigenvalue weighted by Gasteiger charge is -2.11. The highest BCUT2D eigenvalue weighted by molar-refractivity contribution is 5.71. The number of rotatable bonds is 2. The zero-order chi connectivity index (χ0) is 15.7. The molecule has 1 aromatic heterocycles. The molecule has 0 aliphatic carbocycles. The van der Waals surface area contributed by atoms with Gasteiger partial charge >= 0.3 is 0 Å². The van der Waals surface area contributed by atoms with Crippen molar-refractivity contribution in [1.82, 2.24) is 9.97 Å². The summed E-state index contributed by atoms with van der Waals surface area (Å²) in [5, 5.41) is 0.